The molecule has 0 aliphatic carbocycles. The van der Waals surface area contributed by atoms with Gasteiger partial charge in [0.2, 0.25) is 5.91 Å². The van der Waals surface area contributed by atoms with Crippen LogP contribution in [-0.2, 0) is 4.79 Å². The Balaban J connectivity index is 1.93. The lowest BCUT2D eigenvalue weighted by Gasteiger charge is -2.24. The largest absolute Gasteiger partial charge is 0.308 e. The summed E-state index contributed by atoms with van der Waals surface area (Å²) in [4.78, 5) is 32.6. The molecule has 1 N–H and O–H groups in total. The van der Waals surface area contributed by atoms with Crippen LogP contribution in [0.1, 0.15) is 32.3 Å². The quantitative estimate of drug-likeness (QED) is 0.923. The third-order valence-corrected chi connectivity index (χ3v) is 4.91. The topological polar surface area (TPSA) is 72.0 Å². The molecular weight excluding hydrogens is 298 g/mol. The Morgan fingerprint density at radius 3 is 2.77 bits per heavy atom. The van der Waals surface area contributed by atoms with Gasteiger partial charge in [0.05, 0.1) is 11.9 Å². The molecule has 1 aliphatic heterocycles. The second kappa shape index (κ2) is 5.88. The Hall–Kier alpha value is -2.21. The minimum absolute atomic E-state index is 0.0756. The molecule has 1 atom stereocenters. The van der Waals surface area contributed by atoms with Crippen molar-refractivity contribution in [3.05, 3.63) is 53.0 Å². The van der Waals surface area contributed by atoms with Crippen molar-refractivity contribution >= 4 is 29.3 Å². The van der Waals surface area contributed by atoms with Crippen molar-refractivity contribution in [1.29, 1.82) is 0 Å². The number of nitrogens with one attached hydrogen (secondary N) is 1. The number of hydrogen-bond acceptors (Lipinski definition) is 5. The van der Waals surface area contributed by atoms with E-state index in [0.717, 1.165) is 16.7 Å². The average Bonchev–Trinajstić information content (AvgIpc) is 2.50. The van der Waals surface area contributed by atoms with E-state index in [0.29, 0.717) is 17.1 Å². The van der Waals surface area contributed by atoms with Gasteiger partial charge in [-0.05, 0) is 36.6 Å². The van der Waals surface area contributed by atoms with E-state index in [1.165, 1.54) is 24.2 Å². The second-order valence-corrected chi connectivity index (χ2v) is 6.31. The summed E-state index contributed by atoms with van der Waals surface area (Å²) in [5, 5.41) is 2.35. The van der Waals surface area contributed by atoms with Gasteiger partial charge in [-0.1, -0.05) is 6.07 Å². The lowest BCUT2D eigenvalue weighted by atomic mass is 9.94. The number of anilines is 1. The van der Waals surface area contributed by atoms with Crippen LogP contribution in [0.25, 0.3) is 0 Å². The minimum Gasteiger partial charge on any atom is -0.308 e. The molecule has 0 saturated heterocycles. The monoisotopic (exact) mass is 313 g/mol. The number of carbonyl (C=O) groups is 2. The number of ketones is 1. The van der Waals surface area contributed by atoms with Crippen molar-refractivity contribution < 1.29 is 9.59 Å². The molecule has 5 nitrogen and oxygen atoms in total. The maximum atomic E-state index is 12.5. The Morgan fingerprint density at radius 1 is 1.27 bits per heavy atom. The molecule has 2 aromatic rings. The first-order valence-corrected chi connectivity index (χ1v) is 7.94. The van der Waals surface area contributed by atoms with Gasteiger partial charge < -0.3 is 5.32 Å². The van der Waals surface area contributed by atoms with Gasteiger partial charge >= 0.3 is 0 Å². The molecule has 0 fully saturated rings. The zero-order chi connectivity index (χ0) is 15.7. The fourth-order valence-corrected chi connectivity index (χ4v) is 3.45. The molecule has 1 aliphatic rings. The number of hydrogen-bond donors (Lipinski definition) is 1. The van der Waals surface area contributed by atoms with Gasteiger partial charge in [0.25, 0.3) is 0 Å². The number of thioether (sulfide) groups is 1. The summed E-state index contributed by atoms with van der Waals surface area (Å²) in [7, 11) is 0. The highest BCUT2D eigenvalue weighted by atomic mass is 32.2. The van der Waals surface area contributed by atoms with Crippen LogP contribution in [0, 0.1) is 13.8 Å². The van der Waals surface area contributed by atoms with E-state index in [9.17, 15) is 9.59 Å². The van der Waals surface area contributed by atoms with Crippen molar-refractivity contribution in [3.8, 4) is 0 Å². The summed E-state index contributed by atoms with van der Waals surface area (Å²) in [6.45, 7) is 3.95. The van der Waals surface area contributed by atoms with Crippen LogP contribution in [0.3, 0.4) is 0 Å². The van der Waals surface area contributed by atoms with Crippen LogP contribution in [0.2, 0.25) is 0 Å². The normalized spacial score (nSPS) is 17.0. The highest BCUT2D eigenvalue weighted by Crippen LogP contribution is 2.38. The number of rotatable bonds is 2. The van der Waals surface area contributed by atoms with Crippen molar-refractivity contribution in [1.82, 2.24) is 9.97 Å². The Bertz CT molecular complexity index is 747. The maximum absolute atomic E-state index is 12.5. The van der Waals surface area contributed by atoms with Gasteiger partial charge in [-0.2, -0.15) is 0 Å². The summed E-state index contributed by atoms with van der Waals surface area (Å²) in [6.07, 6.45) is 4.57. The SMILES string of the molecule is Cc1cc2c(cc1C)C(C(=O)Nc1cnccn1)SCC2=O. The molecule has 0 spiro atoms. The zero-order valence-electron chi connectivity index (χ0n) is 12.3. The van der Waals surface area contributed by atoms with Crippen LogP contribution in [0.4, 0.5) is 5.82 Å². The molecule has 22 heavy (non-hydrogen) atoms. The van der Waals surface area contributed by atoms with Gasteiger partial charge in [0.15, 0.2) is 11.6 Å². The van der Waals surface area contributed by atoms with Gasteiger partial charge in [0.1, 0.15) is 5.25 Å². The Kier molecular flexibility index (Phi) is 3.94. The standard InChI is InChI=1S/C16H15N3O2S/c1-9-5-11-12(6-10(9)2)15(22-8-13(11)20)16(21)19-14-7-17-3-4-18-14/h3-7,15H,8H2,1-2H3,(H,18,19,21). The molecular formula is C16H15N3O2S. The Labute approximate surface area is 132 Å². The summed E-state index contributed by atoms with van der Waals surface area (Å²) in [5.41, 5.74) is 3.57. The van der Waals surface area contributed by atoms with Crippen LogP contribution in [-0.4, -0.2) is 27.4 Å². The van der Waals surface area contributed by atoms with Crippen molar-refractivity contribution in [2.24, 2.45) is 0 Å². The fraction of sp³-hybridized carbons (Fsp3) is 0.250. The fourth-order valence-electron chi connectivity index (χ4n) is 2.40. The van der Waals surface area contributed by atoms with E-state index in [-0.39, 0.29) is 11.7 Å². The summed E-state index contributed by atoms with van der Waals surface area (Å²) in [5.74, 6) is 0.623. The molecule has 2 heterocycles. The van der Waals surface area contributed by atoms with Crippen LogP contribution in [0.5, 0.6) is 0 Å². The predicted octanol–water partition coefficient (Wildman–Crippen LogP) is 2.70. The van der Waals surface area contributed by atoms with Crippen LogP contribution in [0.15, 0.2) is 30.7 Å². The molecule has 0 saturated carbocycles. The van der Waals surface area contributed by atoms with Crippen molar-refractivity contribution in [2.75, 3.05) is 11.1 Å². The molecule has 0 bridgehead atoms. The van der Waals surface area contributed by atoms with Crippen molar-refractivity contribution in [2.45, 2.75) is 19.1 Å². The van der Waals surface area contributed by atoms with E-state index in [4.69, 9.17) is 0 Å². The first kappa shape index (κ1) is 14.7. The molecule has 112 valence electrons. The highest BCUT2D eigenvalue weighted by molar-refractivity contribution is 8.01. The molecule has 6 heteroatoms. The minimum atomic E-state index is -0.408. The van der Waals surface area contributed by atoms with Gasteiger partial charge in [-0.25, -0.2) is 4.98 Å². The summed E-state index contributed by atoms with van der Waals surface area (Å²) >= 11 is 1.35. The van der Waals surface area contributed by atoms with E-state index >= 15 is 0 Å². The number of benzene rings is 1. The van der Waals surface area contributed by atoms with E-state index in [1.54, 1.807) is 6.20 Å². The predicted molar refractivity (Wildman–Crippen MR) is 86.1 cm³/mol. The van der Waals surface area contributed by atoms with Crippen molar-refractivity contribution in [3.63, 3.8) is 0 Å². The first-order chi connectivity index (χ1) is 10.6. The smallest absolute Gasteiger partial charge is 0.243 e. The molecule has 1 unspecified atom stereocenters. The Morgan fingerprint density at radius 2 is 2.05 bits per heavy atom. The van der Waals surface area contributed by atoms with Crippen LogP contribution >= 0.6 is 11.8 Å². The van der Waals surface area contributed by atoms with Crippen LogP contribution < -0.4 is 5.32 Å². The van der Waals surface area contributed by atoms with Gasteiger partial charge in [-0.15, -0.1) is 11.8 Å². The number of carbonyl (C=O) groups excluding carboxylic acids is 2. The number of aromatic nitrogens is 2. The van der Waals surface area contributed by atoms with Gasteiger partial charge in [-0.3, -0.25) is 14.6 Å². The molecule has 1 aromatic heterocycles. The lowest BCUT2D eigenvalue weighted by molar-refractivity contribution is -0.115. The lowest BCUT2D eigenvalue weighted by Crippen LogP contribution is -2.26. The van der Waals surface area contributed by atoms with E-state index in [1.807, 2.05) is 26.0 Å². The maximum Gasteiger partial charge on any atom is 0.243 e. The average molecular weight is 313 g/mol. The number of amides is 1. The highest BCUT2D eigenvalue weighted by Gasteiger charge is 2.31. The molecule has 3 rings (SSSR count). The van der Waals surface area contributed by atoms with Gasteiger partial charge in [0, 0.05) is 18.0 Å². The number of nitrogens with zero attached hydrogens (tertiary/aromatic N) is 2. The number of Topliss-reactive ketones (excluding diaryl/α,β-unsaturated/α-hetero) is 1. The first-order valence-electron chi connectivity index (χ1n) is 6.89. The second-order valence-electron chi connectivity index (χ2n) is 5.22. The third-order valence-electron chi connectivity index (χ3n) is 3.68. The number of fused-ring (bicyclic) bond motifs is 1. The molecule has 1 amide bonds. The van der Waals surface area contributed by atoms with E-state index < -0.39 is 5.25 Å². The van der Waals surface area contributed by atoms with E-state index in [2.05, 4.69) is 15.3 Å². The molecule has 0 radical (unpaired) electrons. The molecule has 1 aromatic carbocycles. The summed E-state index contributed by atoms with van der Waals surface area (Å²) in [6, 6.07) is 3.82. The third kappa shape index (κ3) is 2.74. The number of aryl methyl sites for hydroxylation is 2. The summed E-state index contributed by atoms with van der Waals surface area (Å²) < 4.78 is 0. The zero-order valence-corrected chi connectivity index (χ0v) is 13.1.